The van der Waals surface area contributed by atoms with E-state index in [-0.39, 0.29) is 25.0 Å². The first-order chi connectivity index (χ1) is 10.0. The van der Waals surface area contributed by atoms with Crippen LogP contribution in [0, 0.1) is 0 Å². The largest absolute Gasteiger partial charge is 0.493 e. The lowest BCUT2D eigenvalue weighted by Crippen LogP contribution is -2.12. The second kappa shape index (κ2) is 7.13. The number of benzene rings is 1. The third-order valence-electron chi connectivity index (χ3n) is 3.54. The number of rotatable bonds is 6. The summed E-state index contributed by atoms with van der Waals surface area (Å²) in [5.74, 6) is -0.132. The van der Waals surface area contributed by atoms with E-state index in [4.69, 9.17) is 15.2 Å². The minimum absolute atomic E-state index is 0.0718. The van der Waals surface area contributed by atoms with Gasteiger partial charge in [-0.2, -0.15) is 13.2 Å². The predicted molar refractivity (Wildman–Crippen MR) is 73.0 cm³/mol. The van der Waals surface area contributed by atoms with E-state index < -0.39 is 11.7 Å². The molecule has 2 N–H and O–H groups in total. The van der Waals surface area contributed by atoms with Crippen LogP contribution in [-0.2, 0) is 17.5 Å². The fourth-order valence-electron chi connectivity index (χ4n) is 2.42. The van der Waals surface area contributed by atoms with E-state index in [9.17, 15) is 13.2 Å². The number of hydrogen-bond donors (Lipinski definition) is 1. The molecule has 0 aromatic heterocycles. The number of ether oxygens (including phenoxy) is 2. The van der Waals surface area contributed by atoms with Crippen molar-refractivity contribution in [1.29, 1.82) is 0 Å². The normalized spacial score (nSPS) is 19.0. The van der Waals surface area contributed by atoms with Gasteiger partial charge in [0.1, 0.15) is 5.75 Å². The maximum Gasteiger partial charge on any atom is 0.419 e. The lowest BCUT2D eigenvalue weighted by atomic mass is 10.1. The van der Waals surface area contributed by atoms with Crippen LogP contribution in [-0.4, -0.2) is 19.3 Å². The van der Waals surface area contributed by atoms with E-state index >= 15 is 0 Å². The molecule has 1 aromatic rings. The van der Waals surface area contributed by atoms with Gasteiger partial charge in [-0.15, -0.1) is 0 Å². The molecule has 3 nitrogen and oxygen atoms in total. The summed E-state index contributed by atoms with van der Waals surface area (Å²) < 4.78 is 49.7. The molecule has 1 aromatic carbocycles. The molecular weight excluding hydrogens is 283 g/mol. The molecule has 0 spiro atoms. The van der Waals surface area contributed by atoms with Crippen molar-refractivity contribution < 1.29 is 22.6 Å². The molecule has 1 heterocycles. The first kappa shape index (κ1) is 16.1. The predicted octanol–water partition coefficient (Wildman–Crippen LogP) is 3.50. The summed E-state index contributed by atoms with van der Waals surface area (Å²) in [6.45, 7) is 1.11. The molecule has 0 aliphatic carbocycles. The molecule has 0 bridgehead atoms. The van der Waals surface area contributed by atoms with Crippen LogP contribution in [0.5, 0.6) is 5.75 Å². The molecule has 1 atom stereocenters. The molecule has 0 saturated carbocycles. The zero-order valence-electron chi connectivity index (χ0n) is 11.8. The summed E-state index contributed by atoms with van der Waals surface area (Å²) in [6.07, 6.45) is -0.614. The van der Waals surface area contributed by atoms with E-state index in [1.807, 2.05) is 0 Å². The van der Waals surface area contributed by atoms with Gasteiger partial charge < -0.3 is 15.2 Å². The molecule has 0 radical (unpaired) electrons. The van der Waals surface area contributed by atoms with Crippen LogP contribution in [0.15, 0.2) is 18.2 Å². The standard InChI is InChI=1S/C15H20F3NO2/c16-15(17,18)13-9-11(10-19)5-6-14(13)21-8-2-4-12-3-1-7-20-12/h5-6,9,12H,1-4,7-8,10,19H2. The molecule has 21 heavy (non-hydrogen) atoms. The van der Waals surface area contributed by atoms with Gasteiger partial charge >= 0.3 is 6.18 Å². The maximum atomic E-state index is 13.0. The Hall–Kier alpha value is -1.27. The highest BCUT2D eigenvalue weighted by molar-refractivity contribution is 5.39. The highest BCUT2D eigenvalue weighted by Crippen LogP contribution is 2.37. The van der Waals surface area contributed by atoms with Gasteiger partial charge in [0.25, 0.3) is 0 Å². The molecule has 118 valence electrons. The molecule has 1 aliphatic rings. The van der Waals surface area contributed by atoms with E-state index in [0.717, 1.165) is 31.9 Å². The van der Waals surface area contributed by atoms with Gasteiger partial charge in [0, 0.05) is 13.2 Å². The summed E-state index contributed by atoms with van der Waals surface area (Å²) in [4.78, 5) is 0. The summed E-state index contributed by atoms with van der Waals surface area (Å²) >= 11 is 0. The van der Waals surface area contributed by atoms with E-state index in [0.29, 0.717) is 12.0 Å². The molecule has 1 saturated heterocycles. The van der Waals surface area contributed by atoms with Crippen molar-refractivity contribution in [2.75, 3.05) is 13.2 Å². The van der Waals surface area contributed by atoms with Crippen LogP contribution in [0.1, 0.15) is 36.8 Å². The Kier molecular flexibility index (Phi) is 5.47. The maximum absolute atomic E-state index is 13.0. The van der Waals surface area contributed by atoms with Crippen LogP contribution in [0.25, 0.3) is 0 Å². The minimum atomic E-state index is -4.44. The summed E-state index contributed by atoms with van der Waals surface area (Å²) in [6, 6.07) is 3.96. The smallest absolute Gasteiger partial charge is 0.419 e. The second-order valence-corrected chi connectivity index (χ2v) is 5.16. The van der Waals surface area contributed by atoms with Crippen LogP contribution in [0.4, 0.5) is 13.2 Å². The topological polar surface area (TPSA) is 44.5 Å². The van der Waals surface area contributed by atoms with Gasteiger partial charge in [-0.1, -0.05) is 6.07 Å². The van der Waals surface area contributed by atoms with E-state index in [1.54, 1.807) is 6.07 Å². The Labute approximate surface area is 122 Å². The Balaban J connectivity index is 1.92. The first-order valence-electron chi connectivity index (χ1n) is 7.15. The number of alkyl halides is 3. The van der Waals surface area contributed by atoms with Crippen molar-refractivity contribution in [2.24, 2.45) is 5.73 Å². The highest BCUT2D eigenvalue weighted by atomic mass is 19.4. The molecule has 1 unspecified atom stereocenters. The van der Waals surface area contributed by atoms with Crippen molar-refractivity contribution >= 4 is 0 Å². The second-order valence-electron chi connectivity index (χ2n) is 5.16. The molecule has 6 heteroatoms. The minimum Gasteiger partial charge on any atom is -0.493 e. The Morgan fingerprint density at radius 1 is 1.33 bits per heavy atom. The van der Waals surface area contributed by atoms with Gasteiger partial charge in [0.2, 0.25) is 0 Å². The van der Waals surface area contributed by atoms with Crippen molar-refractivity contribution in [3.05, 3.63) is 29.3 Å². The SMILES string of the molecule is NCc1ccc(OCCCC2CCCO2)c(C(F)(F)F)c1. The summed E-state index contributed by atoms with van der Waals surface area (Å²) in [5.41, 5.74) is 5.06. The van der Waals surface area contributed by atoms with Gasteiger partial charge in [0.15, 0.2) is 0 Å². The Morgan fingerprint density at radius 3 is 2.76 bits per heavy atom. The van der Waals surface area contributed by atoms with Gasteiger partial charge in [-0.3, -0.25) is 0 Å². The third kappa shape index (κ3) is 4.61. The molecule has 0 amide bonds. The third-order valence-corrected chi connectivity index (χ3v) is 3.54. The molecule has 1 aliphatic heterocycles. The highest BCUT2D eigenvalue weighted by Gasteiger charge is 2.34. The molecule has 2 rings (SSSR count). The fourth-order valence-corrected chi connectivity index (χ4v) is 2.42. The van der Waals surface area contributed by atoms with Crippen LogP contribution in [0.2, 0.25) is 0 Å². The van der Waals surface area contributed by atoms with Crippen molar-refractivity contribution in [3.8, 4) is 5.75 Å². The quantitative estimate of drug-likeness (QED) is 0.818. The van der Waals surface area contributed by atoms with Crippen LogP contribution in [0.3, 0.4) is 0 Å². The summed E-state index contributed by atoms with van der Waals surface area (Å²) in [5, 5.41) is 0. The monoisotopic (exact) mass is 303 g/mol. The Morgan fingerprint density at radius 2 is 2.14 bits per heavy atom. The van der Waals surface area contributed by atoms with Crippen molar-refractivity contribution in [2.45, 2.75) is 44.5 Å². The average Bonchev–Trinajstić information content (AvgIpc) is 2.96. The van der Waals surface area contributed by atoms with E-state index in [2.05, 4.69) is 0 Å². The van der Waals surface area contributed by atoms with Crippen LogP contribution < -0.4 is 10.5 Å². The van der Waals surface area contributed by atoms with Crippen molar-refractivity contribution in [1.82, 2.24) is 0 Å². The van der Waals surface area contributed by atoms with Gasteiger partial charge in [0.05, 0.1) is 18.3 Å². The number of hydrogen-bond acceptors (Lipinski definition) is 3. The number of halogens is 3. The zero-order valence-corrected chi connectivity index (χ0v) is 11.8. The lowest BCUT2D eigenvalue weighted by molar-refractivity contribution is -0.139. The Bertz CT molecular complexity index is 457. The van der Waals surface area contributed by atoms with Crippen molar-refractivity contribution in [3.63, 3.8) is 0 Å². The van der Waals surface area contributed by atoms with E-state index in [1.165, 1.54) is 6.07 Å². The fraction of sp³-hybridized carbons (Fsp3) is 0.600. The average molecular weight is 303 g/mol. The molecule has 1 fully saturated rings. The summed E-state index contributed by atoms with van der Waals surface area (Å²) in [7, 11) is 0. The van der Waals surface area contributed by atoms with Gasteiger partial charge in [-0.25, -0.2) is 0 Å². The zero-order chi connectivity index (χ0) is 15.3. The molecular formula is C15H20F3NO2. The lowest BCUT2D eigenvalue weighted by Gasteiger charge is -2.15. The van der Waals surface area contributed by atoms with Gasteiger partial charge in [-0.05, 0) is 43.4 Å². The number of nitrogens with two attached hydrogens (primary N) is 1. The first-order valence-corrected chi connectivity index (χ1v) is 7.15. The van der Waals surface area contributed by atoms with Crippen LogP contribution >= 0.6 is 0 Å².